The van der Waals surface area contributed by atoms with Crippen molar-refractivity contribution in [3.05, 3.63) is 22.4 Å². The van der Waals surface area contributed by atoms with Gasteiger partial charge in [0.2, 0.25) is 10.0 Å². The number of methoxy groups -OCH3 is 1. The molecule has 1 fully saturated rings. The maximum atomic E-state index is 12.2. The molecule has 1 aliphatic rings. The Balaban J connectivity index is 0.00000242. The maximum absolute atomic E-state index is 12.2. The van der Waals surface area contributed by atoms with Gasteiger partial charge in [-0.15, -0.1) is 23.7 Å². The third-order valence-corrected chi connectivity index (χ3v) is 6.24. The Labute approximate surface area is 143 Å². The maximum Gasteiger partial charge on any atom is 0.211 e. The zero-order valence-electron chi connectivity index (χ0n) is 12.8. The van der Waals surface area contributed by atoms with Gasteiger partial charge in [-0.05, 0) is 43.8 Å². The van der Waals surface area contributed by atoms with E-state index in [1.165, 1.54) is 0 Å². The number of hydrogen-bond donors (Lipinski definition) is 2. The molecule has 1 aromatic rings. The molecular formula is C14H25ClN2O3S2. The van der Waals surface area contributed by atoms with Crippen molar-refractivity contribution >= 4 is 33.8 Å². The van der Waals surface area contributed by atoms with Crippen LogP contribution >= 0.6 is 23.7 Å². The van der Waals surface area contributed by atoms with Crippen LogP contribution in [0.2, 0.25) is 0 Å². The molecule has 22 heavy (non-hydrogen) atoms. The molecule has 0 unspecified atom stereocenters. The number of sulfonamides is 1. The van der Waals surface area contributed by atoms with Gasteiger partial charge in [0, 0.05) is 23.9 Å². The summed E-state index contributed by atoms with van der Waals surface area (Å²) >= 11 is 1.60. The Bertz CT molecular complexity index is 509. The molecule has 0 aliphatic carbocycles. The molecule has 0 saturated carbocycles. The minimum atomic E-state index is -3.23. The Morgan fingerprint density at radius 1 is 1.41 bits per heavy atom. The van der Waals surface area contributed by atoms with E-state index in [0.29, 0.717) is 19.6 Å². The van der Waals surface area contributed by atoms with E-state index in [1.807, 2.05) is 17.5 Å². The summed E-state index contributed by atoms with van der Waals surface area (Å²) in [6, 6.07) is 3.92. The molecular weight excluding hydrogens is 344 g/mol. The molecule has 0 radical (unpaired) electrons. The number of hydrogen-bond acceptors (Lipinski definition) is 5. The van der Waals surface area contributed by atoms with Gasteiger partial charge in [-0.3, -0.25) is 0 Å². The standard InChI is InChI=1S/C14H24N2O3S2.ClH/c1-19-12-14(5-7-15-8-6-14)11-16-21(17,18)10-4-13-3-2-9-20-13;/h2-3,9,15-16H,4-8,10-12H2,1H3;1H. The van der Waals surface area contributed by atoms with Gasteiger partial charge in [-0.25, -0.2) is 13.1 Å². The normalized spacial score (nSPS) is 17.9. The highest BCUT2D eigenvalue weighted by atomic mass is 35.5. The minimum Gasteiger partial charge on any atom is -0.384 e. The van der Waals surface area contributed by atoms with Crippen LogP contribution in [0.5, 0.6) is 0 Å². The van der Waals surface area contributed by atoms with E-state index in [2.05, 4.69) is 10.0 Å². The third kappa shape index (κ3) is 6.14. The van der Waals surface area contributed by atoms with Gasteiger partial charge < -0.3 is 10.1 Å². The SMILES string of the molecule is COCC1(CNS(=O)(=O)CCc2cccs2)CCNCC1.Cl. The van der Waals surface area contributed by atoms with Crippen molar-refractivity contribution in [2.75, 3.05) is 39.1 Å². The first kappa shape index (κ1) is 19.9. The van der Waals surface area contributed by atoms with Crippen molar-refractivity contribution in [1.29, 1.82) is 0 Å². The number of nitrogens with one attached hydrogen (secondary N) is 2. The zero-order chi connectivity index (χ0) is 15.2. The Morgan fingerprint density at radius 3 is 2.73 bits per heavy atom. The van der Waals surface area contributed by atoms with Crippen LogP contribution in [0.1, 0.15) is 17.7 Å². The number of piperidine rings is 1. The Kier molecular flexibility index (Phi) is 8.31. The molecule has 1 aliphatic heterocycles. The molecule has 0 amide bonds. The van der Waals surface area contributed by atoms with Crippen molar-refractivity contribution in [3.63, 3.8) is 0 Å². The smallest absolute Gasteiger partial charge is 0.211 e. The fraction of sp³-hybridized carbons (Fsp3) is 0.714. The molecule has 2 heterocycles. The van der Waals surface area contributed by atoms with Crippen LogP contribution in [0.25, 0.3) is 0 Å². The first-order valence-electron chi connectivity index (χ1n) is 7.25. The third-order valence-electron chi connectivity index (χ3n) is 3.98. The summed E-state index contributed by atoms with van der Waals surface area (Å²) in [7, 11) is -1.56. The number of halogens is 1. The molecule has 128 valence electrons. The average Bonchev–Trinajstić information content (AvgIpc) is 2.98. The van der Waals surface area contributed by atoms with Crippen molar-refractivity contribution in [1.82, 2.24) is 10.0 Å². The van der Waals surface area contributed by atoms with E-state index in [-0.39, 0.29) is 23.6 Å². The Hall–Kier alpha value is -0.180. The van der Waals surface area contributed by atoms with Gasteiger partial charge in [-0.2, -0.15) is 0 Å². The fourth-order valence-electron chi connectivity index (χ4n) is 2.66. The summed E-state index contributed by atoms with van der Waals surface area (Å²) in [5, 5.41) is 5.28. The van der Waals surface area contributed by atoms with Crippen LogP contribution in [0.3, 0.4) is 0 Å². The summed E-state index contributed by atoms with van der Waals surface area (Å²) in [4.78, 5) is 1.11. The van der Waals surface area contributed by atoms with Gasteiger partial charge in [0.05, 0.1) is 12.4 Å². The van der Waals surface area contributed by atoms with Gasteiger partial charge >= 0.3 is 0 Å². The molecule has 0 bridgehead atoms. The van der Waals surface area contributed by atoms with E-state index < -0.39 is 10.0 Å². The lowest BCUT2D eigenvalue weighted by Gasteiger charge is -2.37. The highest BCUT2D eigenvalue weighted by Crippen LogP contribution is 2.28. The van der Waals surface area contributed by atoms with E-state index >= 15 is 0 Å². The van der Waals surface area contributed by atoms with Crippen molar-refractivity contribution in [2.45, 2.75) is 19.3 Å². The van der Waals surface area contributed by atoms with E-state index in [4.69, 9.17) is 4.74 Å². The van der Waals surface area contributed by atoms with Gasteiger partial charge in [0.1, 0.15) is 0 Å². The lowest BCUT2D eigenvalue weighted by Crippen LogP contribution is -2.47. The van der Waals surface area contributed by atoms with E-state index in [0.717, 1.165) is 30.8 Å². The molecule has 5 nitrogen and oxygen atoms in total. The van der Waals surface area contributed by atoms with Gasteiger partial charge in [0.15, 0.2) is 0 Å². The molecule has 0 atom stereocenters. The van der Waals surface area contributed by atoms with E-state index in [1.54, 1.807) is 18.4 Å². The van der Waals surface area contributed by atoms with Crippen molar-refractivity contribution in [2.24, 2.45) is 5.41 Å². The van der Waals surface area contributed by atoms with Crippen molar-refractivity contribution < 1.29 is 13.2 Å². The molecule has 8 heteroatoms. The Morgan fingerprint density at radius 2 is 2.14 bits per heavy atom. The molecule has 2 rings (SSSR count). The molecule has 0 aromatic carbocycles. The largest absolute Gasteiger partial charge is 0.384 e. The predicted octanol–water partition coefficient (Wildman–Crippen LogP) is 1.65. The second-order valence-corrected chi connectivity index (χ2v) is 8.61. The van der Waals surface area contributed by atoms with Crippen LogP contribution in [-0.2, 0) is 21.2 Å². The highest BCUT2D eigenvalue weighted by Gasteiger charge is 2.33. The molecule has 1 saturated heterocycles. The summed E-state index contributed by atoms with van der Waals surface area (Å²) < 4.78 is 32.4. The number of rotatable bonds is 8. The van der Waals surface area contributed by atoms with Crippen LogP contribution in [-0.4, -0.2) is 47.5 Å². The van der Waals surface area contributed by atoms with Crippen LogP contribution < -0.4 is 10.0 Å². The predicted molar refractivity (Wildman–Crippen MR) is 93.5 cm³/mol. The first-order valence-corrected chi connectivity index (χ1v) is 9.78. The second kappa shape index (κ2) is 9.20. The summed E-state index contributed by atoms with van der Waals surface area (Å²) in [5.41, 5.74) is -0.0734. The average molecular weight is 369 g/mol. The van der Waals surface area contributed by atoms with Crippen LogP contribution in [0.15, 0.2) is 17.5 Å². The monoisotopic (exact) mass is 368 g/mol. The lowest BCUT2D eigenvalue weighted by atomic mass is 9.80. The zero-order valence-corrected chi connectivity index (χ0v) is 15.3. The van der Waals surface area contributed by atoms with E-state index in [9.17, 15) is 8.42 Å². The second-order valence-electron chi connectivity index (χ2n) is 5.65. The quantitative estimate of drug-likeness (QED) is 0.732. The van der Waals surface area contributed by atoms with Crippen molar-refractivity contribution in [3.8, 4) is 0 Å². The van der Waals surface area contributed by atoms with Gasteiger partial charge in [0.25, 0.3) is 0 Å². The molecule has 0 spiro atoms. The van der Waals surface area contributed by atoms with Crippen LogP contribution in [0.4, 0.5) is 0 Å². The minimum absolute atomic E-state index is 0. The molecule has 2 N–H and O–H groups in total. The van der Waals surface area contributed by atoms with Crippen LogP contribution in [0, 0.1) is 5.41 Å². The fourth-order valence-corrected chi connectivity index (χ4v) is 4.66. The summed E-state index contributed by atoms with van der Waals surface area (Å²) in [6.07, 6.45) is 2.45. The topological polar surface area (TPSA) is 67.4 Å². The first-order chi connectivity index (χ1) is 10.1. The highest BCUT2D eigenvalue weighted by molar-refractivity contribution is 7.89. The van der Waals surface area contributed by atoms with Gasteiger partial charge in [-0.1, -0.05) is 6.07 Å². The number of ether oxygens (including phenoxy) is 1. The summed E-state index contributed by atoms with van der Waals surface area (Å²) in [6.45, 7) is 2.90. The molecule has 1 aromatic heterocycles. The number of thiophene rings is 1. The summed E-state index contributed by atoms with van der Waals surface area (Å²) in [5.74, 6) is 0.148. The number of aryl methyl sites for hydroxylation is 1. The lowest BCUT2D eigenvalue weighted by molar-refractivity contribution is 0.0577.